The molecule has 2 aromatic rings. The Balaban J connectivity index is 2.11. The molecule has 2 N–H and O–H groups in total. The molecular formula is C19H20N2O4. The van der Waals surface area contributed by atoms with Crippen molar-refractivity contribution in [2.75, 3.05) is 0 Å². The number of hydrogen-bond donors (Lipinski definition) is 2. The van der Waals surface area contributed by atoms with E-state index >= 15 is 0 Å². The molecule has 1 aromatic heterocycles. The second-order valence-corrected chi connectivity index (χ2v) is 6.69. The van der Waals surface area contributed by atoms with E-state index < -0.39 is 11.9 Å². The molecule has 0 amide bonds. The van der Waals surface area contributed by atoms with Gasteiger partial charge in [-0.25, -0.2) is 19.6 Å². The van der Waals surface area contributed by atoms with Gasteiger partial charge in [0, 0.05) is 11.9 Å². The first-order valence-electron chi connectivity index (χ1n) is 8.21. The normalized spacial score (nSPS) is 19.3. The zero-order chi connectivity index (χ0) is 18.3. The predicted octanol–water partition coefficient (Wildman–Crippen LogP) is 3.01. The van der Waals surface area contributed by atoms with Crippen molar-refractivity contribution in [1.29, 1.82) is 0 Å². The molecule has 3 rings (SSSR count). The number of aromatic carboxylic acids is 2. The minimum atomic E-state index is -1.11. The number of nitrogens with zero attached hydrogens (tertiary/aromatic N) is 2. The van der Waals surface area contributed by atoms with Crippen LogP contribution in [-0.2, 0) is 12.8 Å². The largest absolute Gasteiger partial charge is 0.478 e. The Morgan fingerprint density at radius 1 is 1.12 bits per heavy atom. The molecule has 0 spiro atoms. The van der Waals surface area contributed by atoms with Crippen LogP contribution in [-0.4, -0.2) is 32.1 Å². The Labute approximate surface area is 145 Å². The Morgan fingerprint density at radius 2 is 1.84 bits per heavy atom. The van der Waals surface area contributed by atoms with Crippen LogP contribution in [0.15, 0.2) is 18.3 Å². The maximum atomic E-state index is 11.8. The summed E-state index contributed by atoms with van der Waals surface area (Å²) in [5.74, 6) is -1.31. The Morgan fingerprint density at radius 3 is 2.48 bits per heavy atom. The molecule has 0 aliphatic heterocycles. The molecule has 0 saturated heterocycles. The molecule has 6 heteroatoms. The number of fused-ring (bicyclic) bond motifs is 1. The number of aryl methyl sites for hydroxylation is 1. The molecule has 130 valence electrons. The van der Waals surface area contributed by atoms with Gasteiger partial charge in [-0.15, -0.1) is 0 Å². The van der Waals surface area contributed by atoms with Gasteiger partial charge in [-0.3, -0.25) is 0 Å². The van der Waals surface area contributed by atoms with E-state index in [1.54, 1.807) is 13.0 Å². The minimum Gasteiger partial charge on any atom is -0.478 e. The fourth-order valence-electron chi connectivity index (χ4n) is 3.76. The molecule has 0 radical (unpaired) electrons. The predicted molar refractivity (Wildman–Crippen MR) is 91.2 cm³/mol. The first kappa shape index (κ1) is 17.1. The van der Waals surface area contributed by atoms with E-state index in [0.29, 0.717) is 23.4 Å². The summed E-state index contributed by atoms with van der Waals surface area (Å²) in [5, 5.41) is 19.0. The third kappa shape index (κ3) is 2.99. The number of aromatic nitrogens is 2. The SMILES string of the molecule is Cc1ncc2c(n1)CC(c1ccc(C(=O)O)c(C)c1C(=O)O)C(C)C2. The molecular weight excluding hydrogens is 320 g/mol. The molecule has 6 nitrogen and oxygen atoms in total. The number of benzene rings is 1. The summed E-state index contributed by atoms with van der Waals surface area (Å²) in [7, 11) is 0. The highest BCUT2D eigenvalue weighted by Crippen LogP contribution is 2.38. The highest BCUT2D eigenvalue weighted by Gasteiger charge is 2.32. The highest BCUT2D eigenvalue weighted by molar-refractivity contribution is 5.97. The van der Waals surface area contributed by atoms with Crippen LogP contribution in [0.3, 0.4) is 0 Å². The molecule has 0 fully saturated rings. The second kappa shape index (κ2) is 6.27. The van der Waals surface area contributed by atoms with Crippen LogP contribution in [0.2, 0.25) is 0 Å². The lowest BCUT2D eigenvalue weighted by Crippen LogP contribution is -2.25. The molecule has 0 bridgehead atoms. The van der Waals surface area contributed by atoms with Gasteiger partial charge in [-0.1, -0.05) is 13.0 Å². The average molecular weight is 340 g/mol. The van der Waals surface area contributed by atoms with Crippen molar-refractivity contribution in [3.05, 3.63) is 57.7 Å². The maximum absolute atomic E-state index is 11.8. The molecule has 0 saturated carbocycles. The van der Waals surface area contributed by atoms with Gasteiger partial charge in [0.1, 0.15) is 5.82 Å². The van der Waals surface area contributed by atoms with Crippen molar-refractivity contribution in [2.45, 2.75) is 39.5 Å². The first-order valence-corrected chi connectivity index (χ1v) is 8.21. The molecule has 2 atom stereocenters. The second-order valence-electron chi connectivity index (χ2n) is 6.69. The van der Waals surface area contributed by atoms with Crippen molar-refractivity contribution < 1.29 is 19.8 Å². The van der Waals surface area contributed by atoms with Gasteiger partial charge in [-0.2, -0.15) is 0 Å². The number of hydrogen-bond acceptors (Lipinski definition) is 4. The number of carboxylic acids is 2. The van der Waals surface area contributed by atoms with E-state index in [4.69, 9.17) is 0 Å². The van der Waals surface area contributed by atoms with Crippen molar-refractivity contribution in [1.82, 2.24) is 9.97 Å². The smallest absolute Gasteiger partial charge is 0.336 e. The van der Waals surface area contributed by atoms with E-state index in [1.165, 1.54) is 6.07 Å². The number of carboxylic acid groups (broad SMARTS) is 2. The lowest BCUT2D eigenvalue weighted by molar-refractivity contribution is 0.0693. The Kier molecular flexibility index (Phi) is 4.29. The van der Waals surface area contributed by atoms with E-state index in [9.17, 15) is 19.8 Å². The van der Waals surface area contributed by atoms with E-state index in [1.807, 2.05) is 13.1 Å². The van der Waals surface area contributed by atoms with Gasteiger partial charge in [-0.05, 0) is 61.3 Å². The highest BCUT2D eigenvalue weighted by atomic mass is 16.4. The van der Waals surface area contributed by atoms with Crippen molar-refractivity contribution >= 4 is 11.9 Å². The fraction of sp³-hybridized carbons (Fsp3) is 0.368. The van der Waals surface area contributed by atoms with Crippen LogP contribution in [0.1, 0.15) is 61.8 Å². The lowest BCUT2D eigenvalue weighted by atomic mass is 9.73. The van der Waals surface area contributed by atoms with Crippen LogP contribution in [0.4, 0.5) is 0 Å². The Bertz CT molecular complexity index is 876. The number of rotatable bonds is 3. The van der Waals surface area contributed by atoms with E-state index in [2.05, 4.69) is 16.9 Å². The third-order valence-corrected chi connectivity index (χ3v) is 5.06. The summed E-state index contributed by atoms with van der Waals surface area (Å²) in [6, 6.07) is 3.16. The standard InChI is InChI=1S/C19H20N2O4/c1-9-6-12-8-20-11(3)21-16(12)7-15(9)14-5-4-13(18(22)23)10(2)17(14)19(24)25/h4-5,8-9,15H,6-7H2,1-3H3,(H,22,23)(H,24,25). The summed E-state index contributed by atoms with van der Waals surface area (Å²) in [4.78, 5) is 31.9. The van der Waals surface area contributed by atoms with E-state index in [-0.39, 0.29) is 23.0 Å². The molecule has 2 unspecified atom stereocenters. The fourth-order valence-corrected chi connectivity index (χ4v) is 3.76. The molecule has 1 heterocycles. The Hall–Kier alpha value is -2.76. The van der Waals surface area contributed by atoms with Gasteiger partial charge in [0.15, 0.2) is 0 Å². The molecule has 1 aromatic carbocycles. The zero-order valence-electron chi connectivity index (χ0n) is 14.4. The van der Waals surface area contributed by atoms with Crippen LogP contribution in [0.5, 0.6) is 0 Å². The summed E-state index contributed by atoms with van der Waals surface area (Å²) < 4.78 is 0. The summed E-state index contributed by atoms with van der Waals surface area (Å²) >= 11 is 0. The van der Waals surface area contributed by atoms with Crippen molar-refractivity contribution in [3.63, 3.8) is 0 Å². The molecule has 1 aliphatic carbocycles. The zero-order valence-corrected chi connectivity index (χ0v) is 14.4. The van der Waals surface area contributed by atoms with Crippen LogP contribution < -0.4 is 0 Å². The van der Waals surface area contributed by atoms with Crippen LogP contribution >= 0.6 is 0 Å². The topological polar surface area (TPSA) is 100 Å². The van der Waals surface area contributed by atoms with Crippen LogP contribution in [0, 0.1) is 19.8 Å². The summed E-state index contributed by atoms with van der Waals surface area (Å²) in [6.07, 6.45) is 3.26. The van der Waals surface area contributed by atoms with E-state index in [0.717, 1.165) is 17.7 Å². The minimum absolute atomic E-state index is 0.0190. The first-order chi connectivity index (χ1) is 11.8. The number of carbonyl (C=O) groups is 2. The van der Waals surface area contributed by atoms with Gasteiger partial charge < -0.3 is 10.2 Å². The monoisotopic (exact) mass is 340 g/mol. The van der Waals surface area contributed by atoms with Crippen molar-refractivity contribution in [2.24, 2.45) is 5.92 Å². The van der Waals surface area contributed by atoms with Crippen molar-refractivity contribution in [3.8, 4) is 0 Å². The molecule has 25 heavy (non-hydrogen) atoms. The lowest BCUT2D eigenvalue weighted by Gasteiger charge is -2.31. The van der Waals surface area contributed by atoms with Gasteiger partial charge in [0.05, 0.1) is 11.1 Å². The summed E-state index contributed by atoms with van der Waals surface area (Å²) in [6.45, 7) is 5.48. The third-order valence-electron chi connectivity index (χ3n) is 5.06. The van der Waals surface area contributed by atoms with Gasteiger partial charge >= 0.3 is 11.9 Å². The average Bonchev–Trinajstić information content (AvgIpc) is 2.53. The quantitative estimate of drug-likeness (QED) is 0.891. The van der Waals surface area contributed by atoms with Gasteiger partial charge in [0.2, 0.25) is 0 Å². The maximum Gasteiger partial charge on any atom is 0.336 e. The van der Waals surface area contributed by atoms with Crippen LogP contribution in [0.25, 0.3) is 0 Å². The molecule has 1 aliphatic rings. The summed E-state index contributed by atoms with van der Waals surface area (Å²) in [5.41, 5.74) is 3.17. The van der Waals surface area contributed by atoms with Gasteiger partial charge in [0.25, 0.3) is 0 Å².